The molecule has 0 fully saturated rings. The summed E-state index contributed by atoms with van der Waals surface area (Å²) in [7, 11) is 0. The second-order valence-electron chi connectivity index (χ2n) is 61.9. The molecule has 0 N–H and O–H groups in total. The predicted octanol–water partition coefficient (Wildman–Crippen LogP) is 46.5. The van der Waals surface area contributed by atoms with Crippen LogP contribution in [0.3, 0.4) is 0 Å². The molecular formula is C125H254. The molecule has 0 heteroatoms. The Morgan fingerprint density at radius 1 is 0.104 bits per heavy atom. The van der Waals surface area contributed by atoms with Crippen molar-refractivity contribution in [3.05, 3.63) is 97.2 Å². The molecule has 754 valence electrons. The molecule has 0 aromatic rings. The average Bonchev–Trinajstić information content (AvgIpc) is 0.948. The molecule has 0 unspecified atom stereocenters. The van der Waals surface area contributed by atoms with Crippen molar-refractivity contribution in [2.75, 3.05) is 0 Å². The minimum absolute atomic E-state index is 0.345. The van der Waals surface area contributed by atoms with E-state index >= 15 is 0 Å². The molecule has 0 spiro atoms. The van der Waals surface area contributed by atoms with Gasteiger partial charge in [-0.2, -0.15) is 0 Å². The molecule has 0 nitrogen and oxygen atoms in total. The van der Waals surface area contributed by atoms with E-state index in [4.69, 9.17) is 0 Å². The first kappa shape index (κ1) is 143. The van der Waals surface area contributed by atoms with E-state index in [0.29, 0.717) is 108 Å². The number of allylic oxidation sites excluding steroid dienone is 16. The van der Waals surface area contributed by atoms with Crippen LogP contribution in [0.15, 0.2) is 97.2 Å². The Morgan fingerprint density at radius 3 is 0.360 bits per heavy atom. The van der Waals surface area contributed by atoms with E-state index in [9.17, 15) is 0 Å². The summed E-state index contributed by atoms with van der Waals surface area (Å²) in [6.45, 7) is 137. The van der Waals surface area contributed by atoms with Crippen LogP contribution < -0.4 is 0 Å². The second kappa shape index (κ2) is 67.2. The Bertz CT molecular complexity index is 2410. The molecule has 0 saturated heterocycles. The molecule has 0 aliphatic heterocycles. The van der Waals surface area contributed by atoms with E-state index in [-0.39, 0.29) is 0 Å². The molecule has 125 heavy (non-hydrogen) atoms. The highest BCUT2D eigenvalue weighted by Crippen LogP contribution is 2.33. The van der Waals surface area contributed by atoms with Crippen molar-refractivity contribution < 1.29 is 0 Å². The topological polar surface area (TPSA) is 0 Å². The van der Waals surface area contributed by atoms with Gasteiger partial charge in [-0.15, -0.1) is 0 Å². The fourth-order valence-corrected chi connectivity index (χ4v) is 11.0. The Morgan fingerprint density at radius 2 is 0.224 bits per heavy atom. The van der Waals surface area contributed by atoms with Crippen LogP contribution in [0.2, 0.25) is 0 Å². The summed E-state index contributed by atoms with van der Waals surface area (Å²) in [5.41, 5.74) is 9.04. The smallest absolute Gasteiger partial charge is 0.0203 e. The van der Waals surface area contributed by atoms with Gasteiger partial charge in [0.05, 0.1) is 0 Å². The molecule has 0 amide bonds. The molecule has 0 aromatic carbocycles. The first-order chi connectivity index (χ1) is 54.6. The standard InChI is InChI=1S/C13H28.4C13H26.C12H26.4C12H24/c5*1-12(2,3)10-8-7-9-11-13(4,5)6;5*1-11(2,3)9-7-8-10-12(4,5)6/h7-11H2,1-6H3;2*8,10H,7,9,11H2,1-6H3;2*7-8H,9-11H2,1-6H3;7-10H2,1-6H3;2*7,9H,8,10H2,1-6H3;2*7-8H,9-10H2,1-6H3/b;10-8+;10-8-;8-7+;8-7-;;9-7+;9-7-;8-7+;8-7-. The number of hydrogen-bond donors (Lipinski definition) is 0. The highest BCUT2D eigenvalue weighted by atomic mass is 14.2. The molecule has 0 atom stereocenters. The van der Waals surface area contributed by atoms with Crippen molar-refractivity contribution in [1.29, 1.82) is 0 Å². The van der Waals surface area contributed by atoms with Gasteiger partial charge >= 0.3 is 0 Å². The van der Waals surface area contributed by atoms with Crippen molar-refractivity contribution in [3.8, 4) is 0 Å². The van der Waals surface area contributed by atoms with Crippen LogP contribution in [0.4, 0.5) is 0 Å². The normalized spacial score (nSPS) is 14.0. The average molecular weight is 1760 g/mol. The van der Waals surface area contributed by atoms with Crippen LogP contribution in [0.5, 0.6) is 0 Å². The maximum atomic E-state index is 2.33. The fourth-order valence-electron chi connectivity index (χ4n) is 11.0. The molecule has 0 heterocycles. The van der Waals surface area contributed by atoms with Crippen LogP contribution in [0.25, 0.3) is 0 Å². The van der Waals surface area contributed by atoms with Gasteiger partial charge in [-0.1, -0.05) is 545 Å². The van der Waals surface area contributed by atoms with Crippen molar-refractivity contribution in [2.24, 2.45) is 108 Å². The highest BCUT2D eigenvalue weighted by molar-refractivity contribution is 4.97. The SMILES string of the molecule is CC(C)(C)/C=C/CCC(C)(C)C.CC(C)(C)/C=C/CCCC(C)(C)C.CC(C)(C)/C=C\CCC(C)(C)C.CC(C)(C)/C=C\CCCC(C)(C)C.CC(C)(C)C/C=C/CC(C)(C)C.CC(C)(C)C/C=C/CCC(C)(C)C.CC(C)(C)C/C=C\CC(C)(C)C.CC(C)(C)C/C=C\CCC(C)(C)C.CC(C)(C)CCCCC(C)(C)C.CC(C)(C)CCCCCC(C)(C)C. The first-order valence-corrected chi connectivity index (χ1v) is 51.9. The summed E-state index contributed by atoms with van der Waals surface area (Å²) in [6, 6.07) is 0. The molecule has 0 radical (unpaired) electrons. The minimum atomic E-state index is 0.345. The van der Waals surface area contributed by atoms with Crippen molar-refractivity contribution in [3.63, 3.8) is 0 Å². The number of unbranched alkanes of at least 4 members (excludes halogenated alkanes) is 5. The summed E-state index contributed by atoms with van der Waals surface area (Å²) in [4.78, 5) is 0. The third-order valence-corrected chi connectivity index (χ3v) is 18.8. The zero-order valence-corrected chi connectivity index (χ0v) is 99.7. The number of rotatable bonds is 27. The Balaban J connectivity index is -0.000000147. The van der Waals surface area contributed by atoms with E-state index in [1.165, 1.54) is 186 Å². The predicted molar refractivity (Wildman–Crippen MR) is 596 cm³/mol. The van der Waals surface area contributed by atoms with Crippen molar-refractivity contribution >= 4 is 0 Å². The van der Waals surface area contributed by atoms with Crippen LogP contribution in [0.1, 0.15) is 602 Å². The number of hydrogen-bond acceptors (Lipinski definition) is 0. The van der Waals surface area contributed by atoms with Crippen LogP contribution in [-0.2, 0) is 0 Å². The summed E-state index contributed by atoms with van der Waals surface area (Å²) >= 11 is 0. The zero-order valence-electron chi connectivity index (χ0n) is 99.7. The summed E-state index contributed by atoms with van der Waals surface area (Å²) < 4.78 is 0. The molecule has 0 aromatic heterocycles. The first-order valence-electron chi connectivity index (χ1n) is 51.9. The maximum Gasteiger partial charge on any atom is -0.0203 e. The summed E-state index contributed by atoms with van der Waals surface area (Å²) in [5, 5.41) is 0. The lowest BCUT2D eigenvalue weighted by atomic mass is 9.85. The molecular weight excluding hydrogens is 1500 g/mol. The largest absolute Gasteiger partial charge is 0.0885 e. The fraction of sp³-hybridized carbons (Fsp3) is 0.872. The maximum absolute atomic E-state index is 2.33. The molecule has 0 rings (SSSR count). The minimum Gasteiger partial charge on any atom is -0.0885 e. The van der Waals surface area contributed by atoms with Crippen LogP contribution >= 0.6 is 0 Å². The summed E-state index contributed by atoms with van der Waals surface area (Å²) in [6.07, 6.45) is 74.4. The zero-order chi connectivity index (χ0) is 102. The van der Waals surface area contributed by atoms with Gasteiger partial charge in [0, 0.05) is 0 Å². The van der Waals surface area contributed by atoms with Gasteiger partial charge in [0.1, 0.15) is 0 Å². The van der Waals surface area contributed by atoms with Gasteiger partial charge in [0.2, 0.25) is 0 Å². The third kappa shape index (κ3) is 203. The van der Waals surface area contributed by atoms with Crippen molar-refractivity contribution in [2.45, 2.75) is 602 Å². The van der Waals surface area contributed by atoms with Crippen molar-refractivity contribution in [1.82, 2.24) is 0 Å². The molecule has 0 aliphatic carbocycles. The summed E-state index contributed by atoms with van der Waals surface area (Å²) in [5.74, 6) is 0. The lowest BCUT2D eigenvalue weighted by Crippen LogP contribution is -2.07. The van der Waals surface area contributed by atoms with E-state index in [2.05, 4.69) is 513 Å². The van der Waals surface area contributed by atoms with Gasteiger partial charge in [0.15, 0.2) is 0 Å². The highest BCUT2D eigenvalue weighted by Gasteiger charge is 2.19. The third-order valence-electron chi connectivity index (χ3n) is 18.8. The van der Waals surface area contributed by atoms with Gasteiger partial charge in [0.25, 0.3) is 0 Å². The lowest BCUT2D eigenvalue weighted by Gasteiger charge is -2.21. The van der Waals surface area contributed by atoms with E-state index < -0.39 is 0 Å². The van der Waals surface area contributed by atoms with E-state index in [1.54, 1.807) is 0 Å². The van der Waals surface area contributed by atoms with Crippen LogP contribution in [-0.4, -0.2) is 0 Å². The van der Waals surface area contributed by atoms with Crippen LogP contribution in [0, 0.1) is 108 Å². The van der Waals surface area contributed by atoms with Gasteiger partial charge in [-0.3, -0.25) is 0 Å². The Hall–Kier alpha value is -2.08. The van der Waals surface area contributed by atoms with Gasteiger partial charge in [-0.05, 0) is 262 Å². The Kier molecular flexibility index (Phi) is 77.0. The lowest BCUT2D eigenvalue weighted by molar-refractivity contribution is 0.318. The van der Waals surface area contributed by atoms with Gasteiger partial charge < -0.3 is 0 Å². The molecule has 0 aliphatic rings. The van der Waals surface area contributed by atoms with E-state index in [0.717, 1.165) is 0 Å². The molecule has 0 bridgehead atoms. The van der Waals surface area contributed by atoms with E-state index in [1.807, 2.05) is 0 Å². The molecule has 0 saturated carbocycles. The monoisotopic (exact) mass is 1760 g/mol. The quantitative estimate of drug-likeness (QED) is 0.0568. The Labute approximate surface area is 802 Å². The second-order valence-corrected chi connectivity index (χ2v) is 61.9. The van der Waals surface area contributed by atoms with Gasteiger partial charge in [-0.25, -0.2) is 0 Å².